The highest BCUT2D eigenvalue weighted by atomic mass is 16.5. The van der Waals surface area contributed by atoms with Gasteiger partial charge in [-0.25, -0.2) is 0 Å². The van der Waals surface area contributed by atoms with Gasteiger partial charge in [0, 0.05) is 5.39 Å². The van der Waals surface area contributed by atoms with Crippen molar-refractivity contribution in [3.8, 4) is 11.5 Å². The first kappa shape index (κ1) is 18.3. The number of carbonyl (C=O) groups excluding carboxylic acids is 1. The number of ketones is 1. The summed E-state index contributed by atoms with van der Waals surface area (Å²) in [5.74, 6) is 0.144. The molecule has 138 valence electrons. The van der Waals surface area contributed by atoms with Gasteiger partial charge in [-0.15, -0.1) is 0 Å². The minimum atomic E-state index is -0.917. The van der Waals surface area contributed by atoms with Crippen LogP contribution in [0.15, 0.2) is 59.0 Å². The number of allylic oxidation sites excluding steroid dienone is 1. The molecule has 0 unspecified atom stereocenters. The van der Waals surface area contributed by atoms with Gasteiger partial charge < -0.3 is 19.0 Å². The molecule has 0 amide bonds. The second kappa shape index (κ2) is 8.23. The van der Waals surface area contributed by atoms with Crippen molar-refractivity contribution in [3.63, 3.8) is 0 Å². The van der Waals surface area contributed by atoms with Gasteiger partial charge >= 0.3 is 5.97 Å². The monoisotopic (exact) mass is 366 g/mol. The average molecular weight is 366 g/mol. The van der Waals surface area contributed by atoms with E-state index in [1.54, 1.807) is 43.5 Å². The molecule has 0 aliphatic rings. The van der Waals surface area contributed by atoms with E-state index in [1.807, 2.05) is 18.2 Å². The maximum Gasteiger partial charge on any atom is 0.306 e. The first-order chi connectivity index (χ1) is 13.1. The Morgan fingerprint density at radius 1 is 1.15 bits per heavy atom. The van der Waals surface area contributed by atoms with Crippen molar-refractivity contribution >= 4 is 28.8 Å². The van der Waals surface area contributed by atoms with Crippen LogP contribution in [0.4, 0.5) is 0 Å². The number of para-hydroxylation sites is 1. The summed E-state index contributed by atoms with van der Waals surface area (Å²) in [6.45, 7) is 0.0856. The van der Waals surface area contributed by atoms with Crippen LogP contribution in [0.5, 0.6) is 11.5 Å². The van der Waals surface area contributed by atoms with E-state index in [2.05, 4.69) is 0 Å². The van der Waals surface area contributed by atoms with Crippen molar-refractivity contribution in [2.24, 2.45) is 0 Å². The summed E-state index contributed by atoms with van der Waals surface area (Å²) in [5.41, 5.74) is 1.29. The molecule has 0 atom stereocenters. The van der Waals surface area contributed by atoms with Crippen molar-refractivity contribution in [2.75, 3.05) is 13.7 Å². The Balaban J connectivity index is 1.72. The number of benzene rings is 2. The SMILES string of the molecule is COc1cccc2cc(C(=O)/C=C/c3cccc(OCCC(=O)O)c3)oc12. The van der Waals surface area contributed by atoms with E-state index in [4.69, 9.17) is 19.0 Å². The number of furan rings is 1. The van der Waals surface area contributed by atoms with Gasteiger partial charge in [-0.3, -0.25) is 9.59 Å². The molecule has 1 N–H and O–H groups in total. The van der Waals surface area contributed by atoms with E-state index in [1.165, 1.54) is 6.08 Å². The number of rotatable bonds is 8. The summed E-state index contributed by atoms with van der Waals surface area (Å²) < 4.78 is 16.3. The van der Waals surface area contributed by atoms with Crippen molar-refractivity contribution < 1.29 is 28.6 Å². The van der Waals surface area contributed by atoms with Crippen LogP contribution < -0.4 is 9.47 Å². The number of methoxy groups -OCH3 is 1. The fraction of sp³-hybridized carbons (Fsp3) is 0.143. The maximum atomic E-state index is 12.4. The zero-order valence-electron chi connectivity index (χ0n) is 14.7. The van der Waals surface area contributed by atoms with E-state index in [9.17, 15) is 9.59 Å². The molecule has 0 saturated carbocycles. The Hall–Kier alpha value is -3.54. The van der Waals surface area contributed by atoms with Crippen molar-refractivity contribution in [1.82, 2.24) is 0 Å². The summed E-state index contributed by atoms with van der Waals surface area (Å²) in [7, 11) is 1.55. The third-order valence-electron chi connectivity index (χ3n) is 3.84. The second-order valence-corrected chi connectivity index (χ2v) is 5.75. The molecular formula is C21H18O6. The number of carbonyl (C=O) groups is 2. The molecule has 0 radical (unpaired) electrons. The lowest BCUT2D eigenvalue weighted by molar-refractivity contribution is -0.137. The topological polar surface area (TPSA) is 86.0 Å². The molecule has 1 heterocycles. The van der Waals surface area contributed by atoms with Crippen LogP contribution in [0.3, 0.4) is 0 Å². The molecule has 27 heavy (non-hydrogen) atoms. The predicted molar refractivity (Wildman–Crippen MR) is 100 cm³/mol. The molecule has 0 spiro atoms. The van der Waals surface area contributed by atoms with E-state index in [0.29, 0.717) is 17.1 Å². The van der Waals surface area contributed by atoms with Crippen LogP contribution in [-0.2, 0) is 4.79 Å². The van der Waals surface area contributed by atoms with Crippen LogP contribution in [0.25, 0.3) is 17.0 Å². The van der Waals surface area contributed by atoms with Gasteiger partial charge in [-0.1, -0.05) is 30.3 Å². The first-order valence-corrected chi connectivity index (χ1v) is 8.30. The van der Waals surface area contributed by atoms with Gasteiger partial charge in [0.15, 0.2) is 17.1 Å². The number of ether oxygens (including phenoxy) is 2. The Morgan fingerprint density at radius 3 is 2.74 bits per heavy atom. The van der Waals surface area contributed by atoms with Crippen LogP contribution in [-0.4, -0.2) is 30.6 Å². The lowest BCUT2D eigenvalue weighted by atomic mass is 10.1. The van der Waals surface area contributed by atoms with Crippen LogP contribution in [0.1, 0.15) is 22.5 Å². The number of fused-ring (bicyclic) bond motifs is 1. The summed E-state index contributed by atoms with van der Waals surface area (Å²) in [5, 5.41) is 9.43. The smallest absolute Gasteiger partial charge is 0.306 e. The molecule has 1 aromatic heterocycles. The minimum Gasteiger partial charge on any atom is -0.493 e. The van der Waals surface area contributed by atoms with E-state index in [0.717, 1.165) is 10.9 Å². The van der Waals surface area contributed by atoms with Gasteiger partial charge in [-0.2, -0.15) is 0 Å². The zero-order chi connectivity index (χ0) is 19.2. The lowest BCUT2D eigenvalue weighted by Gasteiger charge is -2.04. The van der Waals surface area contributed by atoms with Gasteiger partial charge in [0.25, 0.3) is 0 Å². The predicted octanol–water partition coefficient (Wildman–Crippen LogP) is 4.19. The van der Waals surface area contributed by atoms with Crippen LogP contribution in [0, 0.1) is 0 Å². The third kappa shape index (κ3) is 4.55. The van der Waals surface area contributed by atoms with Crippen molar-refractivity contribution in [1.29, 1.82) is 0 Å². The van der Waals surface area contributed by atoms with E-state index in [-0.39, 0.29) is 24.6 Å². The number of carboxylic acids is 1. The quantitative estimate of drug-likeness (QED) is 0.475. The molecule has 0 saturated heterocycles. The molecule has 3 rings (SSSR count). The molecule has 3 aromatic rings. The van der Waals surface area contributed by atoms with Crippen molar-refractivity contribution in [3.05, 3.63) is 65.9 Å². The van der Waals surface area contributed by atoms with E-state index >= 15 is 0 Å². The minimum absolute atomic E-state index is 0.0753. The van der Waals surface area contributed by atoms with E-state index < -0.39 is 5.97 Å². The molecule has 0 aliphatic heterocycles. The Labute approximate surface area is 155 Å². The summed E-state index contributed by atoms with van der Waals surface area (Å²) in [4.78, 5) is 22.9. The summed E-state index contributed by atoms with van der Waals surface area (Å²) >= 11 is 0. The highest BCUT2D eigenvalue weighted by Crippen LogP contribution is 2.28. The molecule has 2 aromatic carbocycles. The van der Waals surface area contributed by atoms with Crippen LogP contribution >= 0.6 is 0 Å². The zero-order valence-corrected chi connectivity index (χ0v) is 14.7. The molecular weight excluding hydrogens is 348 g/mol. The maximum absolute atomic E-state index is 12.4. The van der Waals surface area contributed by atoms with Gasteiger partial charge in [0.2, 0.25) is 5.78 Å². The largest absolute Gasteiger partial charge is 0.493 e. The van der Waals surface area contributed by atoms with Gasteiger partial charge in [-0.05, 0) is 35.9 Å². The Morgan fingerprint density at radius 2 is 1.96 bits per heavy atom. The summed E-state index contributed by atoms with van der Waals surface area (Å²) in [6.07, 6.45) is 2.99. The highest BCUT2D eigenvalue weighted by molar-refractivity contribution is 6.07. The standard InChI is InChI=1S/C21H18O6/c1-25-18-7-3-5-15-13-19(27-21(15)18)17(22)9-8-14-4-2-6-16(12-14)26-11-10-20(23)24/h2-9,12-13H,10-11H2,1H3,(H,23,24)/b9-8+. The lowest BCUT2D eigenvalue weighted by Crippen LogP contribution is -2.04. The fourth-order valence-electron chi connectivity index (χ4n) is 2.54. The molecule has 0 aliphatic carbocycles. The third-order valence-corrected chi connectivity index (χ3v) is 3.84. The normalized spacial score (nSPS) is 11.0. The average Bonchev–Trinajstić information content (AvgIpc) is 3.10. The molecule has 0 bridgehead atoms. The van der Waals surface area contributed by atoms with Crippen molar-refractivity contribution in [2.45, 2.75) is 6.42 Å². The summed E-state index contributed by atoms with van der Waals surface area (Å²) in [6, 6.07) is 14.2. The second-order valence-electron chi connectivity index (χ2n) is 5.75. The number of aliphatic carboxylic acids is 1. The first-order valence-electron chi connectivity index (χ1n) is 8.30. The highest BCUT2D eigenvalue weighted by Gasteiger charge is 2.12. The Bertz CT molecular complexity index is 999. The molecule has 0 fully saturated rings. The molecule has 6 nitrogen and oxygen atoms in total. The molecule has 6 heteroatoms. The number of hydrogen-bond acceptors (Lipinski definition) is 5. The fourth-order valence-corrected chi connectivity index (χ4v) is 2.54. The van der Waals surface area contributed by atoms with Gasteiger partial charge in [0.05, 0.1) is 20.1 Å². The number of carboxylic acid groups (broad SMARTS) is 1. The van der Waals surface area contributed by atoms with Gasteiger partial charge in [0.1, 0.15) is 5.75 Å². The Kier molecular flexibility index (Phi) is 5.56. The number of hydrogen-bond donors (Lipinski definition) is 1. The van der Waals surface area contributed by atoms with Crippen LogP contribution in [0.2, 0.25) is 0 Å².